The third-order valence-corrected chi connectivity index (χ3v) is 6.05. The number of quaternary nitrogens is 1. The van der Waals surface area contributed by atoms with Crippen molar-refractivity contribution in [3.8, 4) is 0 Å². The first-order chi connectivity index (χ1) is 13.7. The zero-order chi connectivity index (χ0) is 20.8. The van der Waals surface area contributed by atoms with Crippen molar-refractivity contribution in [1.29, 1.82) is 0 Å². The number of aromatic nitrogens is 5. The highest BCUT2D eigenvalue weighted by atomic mass is 16.1. The molecule has 7 heteroatoms. The number of rotatable bonds is 3. The molecule has 2 N–H and O–H groups in total. The summed E-state index contributed by atoms with van der Waals surface area (Å²) >= 11 is 0. The summed E-state index contributed by atoms with van der Waals surface area (Å²) in [6.45, 7) is 12.7. The number of fused-ring (bicyclic) bond motifs is 1. The average Bonchev–Trinajstić information content (AvgIpc) is 3.14. The maximum Gasteiger partial charge on any atom is 0.258 e. The molecule has 7 nitrogen and oxygen atoms in total. The standard InChI is InChI=1S/C22H30N6O/c1-14-8-10-27(11-9-14)19(20-24-25-26-28(20)22(3,4)5)17-13-16-12-15(2)6-7-18(16)23-21(17)29/h6-7,12-14,19H,8-11H2,1-5H3,(H,23,29)/p+1/t19-/m1/s1. The van der Waals surface area contributed by atoms with Crippen LogP contribution in [0.1, 0.15) is 63.5 Å². The normalized spacial score (nSPS) is 21.4. The number of pyridine rings is 1. The van der Waals surface area contributed by atoms with Gasteiger partial charge in [0.05, 0.1) is 24.2 Å². The molecule has 0 saturated carbocycles. The van der Waals surface area contributed by atoms with Gasteiger partial charge in [0, 0.05) is 5.52 Å². The van der Waals surface area contributed by atoms with Gasteiger partial charge >= 0.3 is 0 Å². The van der Waals surface area contributed by atoms with Crippen LogP contribution in [0.15, 0.2) is 29.1 Å². The van der Waals surface area contributed by atoms with Crippen molar-refractivity contribution in [2.24, 2.45) is 5.92 Å². The lowest BCUT2D eigenvalue weighted by Gasteiger charge is -2.34. The van der Waals surface area contributed by atoms with Crippen molar-refractivity contribution >= 4 is 10.9 Å². The highest BCUT2D eigenvalue weighted by molar-refractivity contribution is 5.79. The molecular weight excluding hydrogens is 364 g/mol. The van der Waals surface area contributed by atoms with Crippen molar-refractivity contribution in [3.05, 3.63) is 51.6 Å². The molecule has 2 aromatic heterocycles. The molecule has 1 aromatic carbocycles. The molecule has 4 rings (SSSR count). The fraction of sp³-hybridized carbons (Fsp3) is 0.545. The second-order valence-electron chi connectivity index (χ2n) is 9.54. The summed E-state index contributed by atoms with van der Waals surface area (Å²) in [5, 5.41) is 13.7. The minimum Gasteiger partial charge on any atom is -0.322 e. The van der Waals surface area contributed by atoms with Crippen LogP contribution in [0.25, 0.3) is 10.9 Å². The molecule has 1 aliphatic rings. The molecule has 0 spiro atoms. The lowest BCUT2D eigenvalue weighted by Crippen LogP contribution is -3.13. The maximum atomic E-state index is 13.2. The first-order valence-corrected chi connectivity index (χ1v) is 10.5. The van der Waals surface area contributed by atoms with Gasteiger partial charge in [-0.25, -0.2) is 4.68 Å². The highest BCUT2D eigenvalue weighted by Crippen LogP contribution is 2.24. The summed E-state index contributed by atoms with van der Waals surface area (Å²) in [5.41, 5.74) is 2.46. The Balaban J connectivity index is 1.89. The van der Waals surface area contributed by atoms with Gasteiger partial charge in [-0.3, -0.25) is 4.79 Å². The molecule has 29 heavy (non-hydrogen) atoms. The Morgan fingerprint density at radius 2 is 1.93 bits per heavy atom. The number of benzene rings is 1. The largest absolute Gasteiger partial charge is 0.322 e. The number of likely N-dealkylation sites (tertiary alicyclic amines) is 1. The first kappa shape index (κ1) is 19.8. The summed E-state index contributed by atoms with van der Waals surface area (Å²) in [6.07, 6.45) is 2.29. The molecule has 0 bridgehead atoms. The van der Waals surface area contributed by atoms with Crippen molar-refractivity contribution < 1.29 is 4.90 Å². The van der Waals surface area contributed by atoms with Gasteiger partial charge in [-0.15, -0.1) is 5.10 Å². The minimum absolute atomic E-state index is 0.0547. The van der Waals surface area contributed by atoms with Crippen LogP contribution in [0.3, 0.4) is 0 Å². The van der Waals surface area contributed by atoms with Gasteiger partial charge in [0.2, 0.25) is 5.82 Å². The van der Waals surface area contributed by atoms with E-state index in [1.165, 1.54) is 10.5 Å². The molecule has 1 aliphatic heterocycles. The predicted molar refractivity (Wildman–Crippen MR) is 113 cm³/mol. The average molecular weight is 396 g/mol. The van der Waals surface area contributed by atoms with Crippen LogP contribution in [-0.4, -0.2) is 38.3 Å². The number of hydrogen-bond donors (Lipinski definition) is 2. The van der Waals surface area contributed by atoms with Crippen LogP contribution in [0.5, 0.6) is 0 Å². The van der Waals surface area contributed by atoms with E-state index >= 15 is 0 Å². The van der Waals surface area contributed by atoms with Crippen molar-refractivity contribution in [1.82, 2.24) is 25.2 Å². The number of hydrogen-bond acceptors (Lipinski definition) is 4. The number of nitrogens with one attached hydrogen (secondary N) is 2. The monoisotopic (exact) mass is 395 g/mol. The van der Waals surface area contributed by atoms with E-state index in [0.29, 0.717) is 0 Å². The highest BCUT2D eigenvalue weighted by Gasteiger charge is 2.37. The third kappa shape index (κ3) is 3.83. The fourth-order valence-electron chi connectivity index (χ4n) is 4.37. The van der Waals surface area contributed by atoms with E-state index < -0.39 is 0 Å². The number of nitrogens with zero attached hydrogens (tertiary/aromatic N) is 4. The Morgan fingerprint density at radius 3 is 2.62 bits per heavy atom. The van der Waals surface area contributed by atoms with Crippen molar-refractivity contribution in [2.75, 3.05) is 13.1 Å². The summed E-state index contributed by atoms with van der Waals surface area (Å²) in [4.78, 5) is 17.6. The van der Waals surface area contributed by atoms with E-state index in [-0.39, 0.29) is 17.1 Å². The second kappa shape index (κ2) is 7.37. The molecule has 1 atom stereocenters. The van der Waals surface area contributed by atoms with Crippen LogP contribution in [0, 0.1) is 12.8 Å². The zero-order valence-electron chi connectivity index (χ0n) is 18.0. The van der Waals surface area contributed by atoms with E-state index in [4.69, 9.17) is 0 Å². The van der Waals surface area contributed by atoms with Gasteiger partial charge in [-0.1, -0.05) is 18.6 Å². The third-order valence-electron chi connectivity index (χ3n) is 6.05. The van der Waals surface area contributed by atoms with E-state index in [9.17, 15) is 4.79 Å². The van der Waals surface area contributed by atoms with Crippen LogP contribution in [-0.2, 0) is 5.54 Å². The van der Waals surface area contributed by atoms with E-state index in [0.717, 1.165) is 54.1 Å². The molecular formula is C22H31N6O+. The zero-order valence-corrected chi connectivity index (χ0v) is 18.0. The van der Waals surface area contributed by atoms with E-state index in [2.05, 4.69) is 61.2 Å². The molecule has 1 saturated heterocycles. The lowest BCUT2D eigenvalue weighted by atomic mass is 9.95. The van der Waals surface area contributed by atoms with Crippen LogP contribution >= 0.6 is 0 Å². The van der Waals surface area contributed by atoms with Crippen molar-refractivity contribution in [3.63, 3.8) is 0 Å². The van der Waals surface area contributed by atoms with Gasteiger partial charge in [-0.2, -0.15) is 0 Å². The predicted octanol–water partition coefficient (Wildman–Crippen LogP) is 1.98. The van der Waals surface area contributed by atoms with Gasteiger partial charge in [0.25, 0.3) is 5.56 Å². The maximum absolute atomic E-state index is 13.2. The number of tetrazole rings is 1. The SMILES string of the molecule is Cc1ccc2[nH]c(=O)c([C@H](c3nnnn3C(C)(C)C)[NH+]3CCC(C)CC3)cc2c1. The second-order valence-corrected chi connectivity index (χ2v) is 9.54. The minimum atomic E-state index is -0.264. The van der Waals surface area contributed by atoms with Crippen LogP contribution < -0.4 is 10.5 Å². The summed E-state index contributed by atoms with van der Waals surface area (Å²) in [6, 6.07) is 7.96. The Kier molecular flexibility index (Phi) is 5.02. The Labute approximate surface area is 171 Å². The molecule has 1 fully saturated rings. The van der Waals surface area contributed by atoms with Crippen LogP contribution in [0.2, 0.25) is 0 Å². The van der Waals surface area contributed by atoms with E-state index in [1.807, 2.05) is 22.9 Å². The molecule has 0 radical (unpaired) electrons. The number of aromatic amines is 1. The van der Waals surface area contributed by atoms with Crippen molar-refractivity contribution in [2.45, 2.75) is 59.0 Å². The molecule has 0 aliphatic carbocycles. The van der Waals surface area contributed by atoms with E-state index in [1.54, 1.807) is 0 Å². The molecule has 154 valence electrons. The lowest BCUT2D eigenvalue weighted by molar-refractivity contribution is -0.932. The van der Waals surface area contributed by atoms with Gasteiger partial charge in [-0.05, 0) is 80.5 Å². The Morgan fingerprint density at radius 1 is 1.21 bits per heavy atom. The molecule has 3 heterocycles. The number of aryl methyl sites for hydroxylation is 1. The molecule has 3 aromatic rings. The number of H-pyrrole nitrogens is 1. The van der Waals surface area contributed by atoms with Crippen LogP contribution in [0.4, 0.5) is 0 Å². The Hall–Kier alpha value is -2.54. The Bertz CT molecular complexity index is 1070. The smallest absolute Gasteiger partial charge is 0.258 e. The summed E-state index contributed by atoms with van der Waals surface area (Å²) in [5.74, 6) is 1.48. The summed E-state index contributed by atoms with van der Waals surface area (Å²) in [7, 11) is 0. The summed E-state index contributed by atoms with van der Waals surface area (Å²) < 4.78 is 1.88. The van der Waals surface area contributed by atoms with Gasteiger partial charge in [0.15, 0.2) is 6.04 Å². The molecule has 0 unspecified atom stereocenters. The number of piperidine rings is 1. The topological polar surface area (TPSA) is 80.9 Å². The van der Waals surface area contributed by atoms with Gasteiger partial charge < -0.3 is 9.88 Å². The first-order valence-electron chi connectivity index (χ1n) is 10.5. The van der Waals surface area contributed by atoms with Gasteiger partial charge in [0.1, 0.15) is 0 Å². The quantitative estimate of drug-likeness (QED) is 0.711. The fourth-order valence-corrected chi connectivity index (χ4v) is 4.37. The molecule has 0 amide bonds.